The normalized spacial score (nSPS) is 17.3. The van der Waals surface area contributed by atoms with Crippen molar-refractivity contribution in [1.82, 2.24) is 10.2 Å². The van der Waals surface area contributed by atoms with Crippen LogP contribution >= 0.6 is 0 Å². The summed E-state index contributed by atoms with van der Waals surface area (Å²) in [5.41, 5.74) is 0. The van der Waals surface area contributed by atoms with Crippen LogP contribution in [0.5, 0.6) is 0 Å². The van der Waals surface area contributed by atoms with Crippen molar-refractivity contribution < 1.29 is 9.59 Å². The lowest BCUT2D eigenvalue weighted by Crippen LogP contribution is -2.48. The zero-order valence-corrected chi connectivity index (χ0v) is 11.2. The van der Waals surface area contributed by atoms with Crippen LogP contribution in [0.25, 0.3) is 0 Å². The Bertz CT molecular complexity index is 271. The second-order valence-electron chi connectivity index (χ2n) is 5.14. The van der Waals surface area contributed by atoms with Gasteiger partial charge in [-0.05, 0) is 25.2 Å². The van der Waals surface area contributed by atoms with Gasteiger partial charge in [-0.3, -0.25) is 9.59 Å². The Balaban J connectivity index is 2.60. The molecule has 0 aromatic heterocycles. The minimum absolute atomic E-state index is 0.0387. The first kappa shape index (κ1) is 14.0. The van der Waals surface area contributed by atoms with Gasteiger partial charge in [0.1, 0.15) is 6.04 Å². The predicted molar refractivity (Wildman–Crippen MR) is 67.5 cm³/mol. The topological polar surface area (TPSA) is 49.4 Å². The zero-order chi connectivity index (χ0) is 12.8. The lowest BCUT2D eigenvalue weighted by Gasteiger charge is -2.25. The monoisotopic (exact) mass is 240 g/mol. The molecule has 4 heteroatoms. The number of carbonyl (C=O) groups excluding carboxylic acids is 2. The van der Waals surface area contributed by atoms with E-state index in [0.717, 1.165) is 32.4 Å². The van der Waals surface area contributed by atoms with E-state index >= 15 is 0 Å². The Morgan fingerprint density at radius 2 is 1.82 bits per heavy atom. The van der Waals surface area contributed by atoms with Crippen LogP contribution in [0.1, 0.15) is 46.5 Å². The largest absolute Gasteiger partial charge is 0.344 e. The van der Waals surface area contributed by atoms with Crippen LogP contribution in [0.2, 0.25) is 0 Å². The minimum Gasteiger partial charge on any atom is -0.344 e. The summed E-state index contributed by atoms with van der Waals surface area (Å²) in [6.07, 6.45) is 3.33. The van der Waals surface area contributed by atoms with Gasteiger partial charge >= 0.3 is 0 Å². The molecule has 2 amide bonds. The molecule has 98 valence electrons. The fraction of sp³-hybridized carbons (Fsp3) is 0.846. The quantitative estimate of drug-likeness (QED) is 0.792. The molecule has 4 nitrogen and oxygen atoms in total. The lowest BCUT2D eigenvalue weighted by atomic mass is 10.0. The number of amides is 2. The van der Waals surface area contributed by atoms with Gasteiger partial charge in [-0.1, -0.05) is 20.8 Å². The van der Waals surface area contributed by atoms with Crippen LogP contribution in [0.15, 0.2) is 0 Å². The number of rotatable bonds is 5. The molecule has 1 atom stereocenters. The Labute approximate surface area is 104 Å². The summed E-state index contributed by atoms with van der Waals surface area (Å²) in [5, 5.41) is 2.84. The van der Waals surface area contributed by atoms with Crippen molar-refractivity contribution in [3.8, 4) is 0 Å². The molecule has 1 aliphatic heterocycles. The summed E-state index contributed by atoms with van der Waals surface area (Å²) >= 11 is 0. The highest BCUT2D eigenvalue weighted by Gasteiger charge is 2.27. The molecule has 0 unspecified atom stereocenters. The Kier molecular flexibility index (Phi) is 5.45. The molecule has 1 rings (SSSR count). The number of nitrogens with one attached hydrogen (secondary N) is 1. The molecule has 1 aliphatic rings. The fourth-order valence-electron chi connectivity index (χ4n) is 2.15. The zero-order valence-electron chi connectivity index (χ0n) is 11.2. The number of carbonyl (C=O) groups is 2. The SMILES string of the molecule is CCC(=O)N[C@H](CC(C)C)C(=O)N1CCCC1. The van der Waals surface area contributed by atoms with E-state index in [9.17, 15) is 9.59 Å². The average molecular weight is 240 g/mol. The van der Waals surface area contributed by atoms with E-state index in [4.69, 9.17) is 0 Å². The Morgan fingerprint density at radius 3 is 2.29 bits per heavy atom. The van der Waals surface area contributed by atoms with Crippen LogP contribution in [0.3, 0.4) is 0 Å². The second-order valence-corrected chi connectivity index (χ2v) is 5.14. The standard InChI is InChI=1S/C13H24N2O2/c1-4-12(16)14-11(9-10(2)3)13(17)15-7-5-6-8-15/h10-11H,4-9H2,1-3H3,(H,14,16)/t11-/m1/s1. The van der Waals surface area contributed by atoms with Crippen LogP contribution < -0.4 is 5.32 Å². The van der Waals surface area contributed by atoms with Crippen LogP contribution in [0.4, 0.5) is 0 Å². The Hall–Kier alpha value is -1.06. The van der Waals surface area contributed by atoms with Gasteiger partial charge in [-0.15, -0.1) is 0 Å². The van der Waals surface area contributed by atoms with E-state index in [2.05, 4.69) is 19.2 Å². The summed E-state index contributed by atoms with van der Waals surface area (Å²) in [5.74, 6) is 0.463. The molecule has 1 heterocycles. The number of nitrogens with zero attached hydrogens (tertiary/aromatic N) is 1. The van der Waals surface area contributed by atoms with Crippen LogP contribution in [0, 0.1) is 5.92 Å². The highest BCUT2D eigenvalue weighted by Crippen LogP contribution is 2.13. The van der Waals surface area contributed by atoms with E-state index in [1.165, 1.54) is 0 Å². The summed E-state index contributed by atoms with van der Waals surface area (Å²) in [7, 11) is 0. The van der Waals surface area contributed by atoms with Crippen LogP contribution in [-0.4, -0.2) is 35.8 Å². The first-order valence-corrected chi connectivity index (χ1v) is 6.62. The number of hydrogen-bond acceptors (Lipinski definition) is 2. The van der Waals surface area contributed by atoms with Crippen molar-refractivity contribution in [2.24, 2.45) is 5.92 Å². The van der Waals surface area contributed by atoms with Gasteiger partial charge < -0.3 is 10.2 Å². The van der Waals surface area contributed by atoms with Gasteiger partial charge in [0, 0.05) is 19.5 Å². The molecular formula is C13H24N2O2. The number of hydrogen-bond donors (Lipinski definition) is 1. The van der Waals surface area contributed by atoms with Crippen molar-refractivity contribution in [3.05, 3.63) is 0 Å². The summed E-state index contributed by atoms with van der Waals surface area (Å²) in [4.78, 5) is 25.6. The molecule has 0 saturated carbocycles. The molecule has 1 fully saturated rings. The minimum atomic E-state index is -0.333. The third-order valence-corrected chi connectivity index (χ3v) is 3.08. The van der Waals surface area contributed by atoms with Gasteiger partial charge in [0.05, 0.1) is 0 Å². The molecule has 1 N–H and O–H groups in total. The molecule has 0 bridgehead atoms. The van der Waals surface area contributed by atoms with E-state index in [1.807, 2.05) is 11.8 Å². The van der Waals surface area contributed by atoms with E-state index < -0.39 is 0 Å². The highest BCUT2D eigenvalue weighted by atomic mass is 16.2. The average Bonchev–Trinajstić information content (AvgIpc) is 2.79. The molecule has 0 aromatic rings. The van der Waals surface area contributed by atoms with Crippen molar-refractivity contribution in [2.75, 3.05) is 13.1 Å². The van der Waals surface area contributed by atoms with Gasteiger partial charge in [-0.25, -0.2) is 0 Å². The summed E-state index contributed by atoms with van der Waals surface area (Å²) < 4.78 is 0. The van der Waals surface area contributed by atoms with Crippen molar-refractivity contribution in [3.63, 3.8) is 0 Å². The van der Waals surface area contributed by atoms with Gasteiger partial charge in [0.25, 0.3) is 0 Å². The number of likely N-dealkylation sites (tertiary alicyclic amines) is 1. The highest BCUT2D eigenvalue weighted by molar-refractivity contribution is 5.87. The van der Waals surface area contributed by atoms with E-state index in [1.54, 1.807) is 0 Å². The summed E-state index contributed by atoms with van der Waals surface area (Å²) in [6.45, 7) is 7.64. The molecule has 17 heavy (non-hydrogen) atoms. The van der Waals surface area contributed by atoms with Gasteiger partial charge in [0.15, 0.2) is 0 Å². The maximum Gasteiger partial charge on any atom is 0.245 e. The lowest BCUT2D eigenvalue weighted by molar-refractivity contribution is -0.136. The predicted octanol–water partition coefficient (Wildman–Crippen LogP) is 1.55. The van der Waals surface area contributed by atoms with Crippen molar-refractivity contribution in [2.45, 2.75) is 52.5 Å². The Morgan fingerprint density at radius 1 is 1.24 bits per heavy atom. The maximum absolute atomic E-state index is 12.2. The summed E-state index contributed by atoms with van der Waals surface area (Å²) in [6, 6.07) is -0.333. The third-order valence-electron chi connectivity index (χ3n) is 3.08. The second kappa shape index (κ2) is 6.62. The molecule has 0 aliphatic carbocycles. The molecule has 0 radical (unpaired) electrons. The molecule has 1 saturated heterocycles. The van der Waals surface area contributed by atoms with E-state index in [0.29, 0.717) is 12.3 Å². The fourth-order valence-corrected chi connectivity index (χ4v) is 2.15. The third kappa shape index (κ3) is 4.36. The van der Waals surface area contributed by atoms with E-state index in [-0.39, 0.29) is 17.9 Å². The van der Waals surface area contributed by atoms with Crippen molar-refractivity contribution >= 4 is 11.8 Å². The molecular weight excluding hydrogens is 216 g/mol. The molecule has 0 aromatic carbocycles. The molecule has 0 spiro atoms. The van der Waals surface area contributed by atoms with Gasteiger partial charge in [0.2, 0.25) is 11.8 Å². The first-order valence-electron chi connectivity index (χ1n) is 6.62. The van der Waals surface area contributed by atoms with Crippen LogP contribution in [-0.2, 0) is 9.59 Å². The maximum atomic E-state index is 12.2. The first-order chi connectivity index (χ1) is 8.04. The van der Waals surface area contributed by atoms with Crippen molar-refractivity contribution in [1.29, 1.82) is 0 Å². The smallest absolute Gasteiger partial charge is 0.245 e. The van der Waals surface area contributed by atoms with Gasteiger partial charge in [-0.2, -0.15) is 0 Å².